The number of halogens is 2. The van der Waals surface area contributed by atoms with Crippen LogP contribution in [0.1, 0.15) is 54.0 Å². The Bertz CT molecular complexity index is 650. The zero-order valence-electron chi connectivity index (χ0n) is 15.1. The summed E-state index contributed by atoms with van der Waals surface area (Å²) in [5.41, 5.74) is 1.38. The van der Waals surface area contributed by atoms with Gasteiger partial charge in [0.05, 0.1) is 26.2 Å². The summed E-state index contributed by atoms with van der Waals surface area (Å²) in [4.78, 5) is 0. The molecule has 0 unspecified atom stereocenters. The minimum atomic E-state index is -1.31. The second-order valence-corrected chi connectivity index (χ2v) is 11.7. The molecule has 0 aliphatic carbocycles. The molecule has 0 saturated heterocycles. The Morgan fingerprint density at radius 2 is 1.58 bits per heavy atom. The maximum absolute atomic E-state index is 12.9. The first kappa shape index (κ1) is 23.6. The third-order valence-electron chi connectivity index (χ3n) is 2.67. The Labute approximate surface area is 157 Å². The zero-order chi connectivity index (χ0) is 19.3. The molecule has 0 radical (unpaired) electrons. The van der Waals surface area contributed by atoms with E-state index in [4.69, 9.17) is 5.14 Å². The van der Waals surface area contributed by atoms with E-state index in [-0.39, 0.29) is 10.6 Å². The van der Waals surface area contributed by atoms with Gasteiger partial charge in [0.25, 0.3) is 0 Å². The van der Waals surface area contributed by atoms with Crippen LogP contribution in [0.5, 0.6) is 0 Å². The quantitative estimate of drug-likeness (QED) is 0.697. The van der Waals surface area contributed by atoms with E-state index in [1.165, 1.54) is 12.1 Å². The molecule has 24 heavy (non-hydrogen) atoms. The molecule has 0 aliphatic heterocycles. The second-order valence-electron chi connectivity index (χ2n) is 7.07. The van der Waals surface area contributed by atoms with Crippen molar-refractivity contribution in [3.05, 3.63) is 34.1 Å². The van der Waals surface area contributed by atoms with Gasteiger partial charge in [0, 0.05) is 10.0 Å². The monoisotopic (exact) mass is 440 g/mol. The van der Waals surface area contributed by atoms with Crippen LogP contribution in [0.4, 0.5) is 4.39 Å². The van der Waals surface area contributed by atoms with E-state index in [0.29, 0.717) is 10.2 Å². The summed E-state index contributed by atoms with van der Waals surface area (Å²) in [5, 5.41) is 5.04. The first-order valence-electron chi connectivity index (χ1n) is 7.25. The van der Waals surface area contributed by atoms with Crippen LogP contribution in [0.3, 0.4) is 0 Å². The van der Waals surface area contributed by atoms with Gasteiger partial charge in [-0.2, -0.15) is 4.40 Å². The van der Waals surface area contributed by atoms with Gasteiger partial charge in [-0.05, 0) is 66.7 Å². The average molecular weight is 441 g/mol. The molecule has 0 heterocycles. The number of hydrogen-bond donors (Lipinski definition) is 1. The predicted molar refractivity (Wildman–Crippen MR) is 106 cm³/mol. The highest BCUT2D eigenvalue weighted by Crippen LogP contribution is 2.20. The molecule has 0 saturated carbocycles. The van der Waals surface area contributed by atoms with E-state index in [1.807, 2.05) is 41.5 Å². The zero-order valence-corrected chi connectivity index (χ0v) is 18.4. The fraction of sp³-hybridized carbons (Fsp3) is 0.562. The van der Waals surface area contributed by atoms with E-state index in [2.05, 4.69) is 20.3 Å². The fourth-order valence-electron chi connectivity index (χ4n) is 1.09. The molecule has 0 spiro atoms. The van der Waals surface area contributed by atoms with Crippen molar-refractivity contribution in [2.24, 2.45) is 9.54 Å². The Balaban J connectivity index is 0.000000640. The molecular weight excluding hydrogens is 415 g/mol. The molecule has 138 valence electrons. The summed E-state index contributed by atoms with van der Waals surface area (Å²) in [5.74, 6) is -0.314. The van der Waals surface area contributed by atoms with Crippen LogP contribution >= 0.6 is 15.9 Å². The first-order valence-corrected chi connectivity index (χ1v) is 10.4. The number of benzene rings is 1. The van der Waals surface area contributed by atoms with Crippen molar-refractivity contribution < 1.29 is 12.8 Å². The molecule has 8 heteroatoms. The second kappa shape index (κ2) is 9.31. The molecule has 0 fully saturated rings. The van der Waals surface area contributed by atoms with E-state index in [9.17, 15) is 12.8 Å². The van der Waals surface area contributed by atoms with Crippen LogP contribution in [-0.2, 0) is 22.0 Å². The third-order valence-corrected chi connectivity index (χ3v) is 6.02. The predicted octanol–water partition coefficient (Wildman–Crippen LogP) is 4.27. The maximum Gasteiger partial charge on any atom is 0.145 e. The lowest BCUT2D eigenvalue weighted by Crippen LogP contribution is -2.27. The van der Waals surface area contributed by atoms with Crippen LogP contribution in [0, 0.1) is 5.82 Å². The van der Waals surface area contributed by atoms with E-state index in [1.54, 1.807) is 13.0 Å². The van der Waals surface area contributed by atoms with Gasteiger partial charge in [-0.15, -0.1) is 0 Å². The summed E-state index contributed by atoms with van der Waals surface area (Å²) in [6.45, 7) is 12.9. The van der Waals surface area contributed by atoms with Crippen molar-refractivity contribution in [1.82, 2.24) is 0 Å². The fourth-order valence-corrected chi connectivity index (χ4v) is 2.35. The van der Waals surface area contributed by atoms with Crippen molar-refractivity contribution >= 4 is 43.6 Å². The molecule has 0 bridgehead atoms. The van der Waals surface area contributed by atoms with Crippen molar-refractivity contribution in [3.8, 4) is 0 Å². The van der Waals surface area contributed by atoms with Gasteiger partial charge < -0.3 is 0 Å². The highest BCUT2D eigenvalue weighted by molar-refractivity contribution is 9.10. The minimum Gasteiger partial charge on any atom is -0.251 e. The van der Waals surface area contributed by atoms with Crippen molar-refractivity contribution in [2.75, 3.05) is 0 Å². The van der Waals surface area contributed by atoms with Gasteiger partial charge in [-0.3, -0.25) is 5.14 Å². The summed E-state index contributed by atoms with van der Waals surface area (Å²) in [7, 11) is -2.49. The highest BCUT2D eigenvalue weighted by atomic mass is 79.9. The molecule has 1 aromatic rings. The Hall–Kier alpha value is -0.440. The van der Waals surface area contributed by atoms with E-state index >= 15 is 0 Å². The summed E-state index contributed by atoms with van der Waals surface area (Å²) in [6, 6.07) is 4.35. The van der Waals surface area contributed by atoms with Gasteiger partial charge in [-0.25, -0.2) is 12.8 Å². The molecule has 4 nitrogen and oxygen atoms in total. The van der Waals surface area contributed by atoms with Crippen LogP contribution in [-0.4, -0.2) is 23.6 Å². The largest absolute Gasteiger partial charge is 0.251 e. The normalized spacial score (nSPS) is 15.3. The first-order chi connectivity index (χ1) is 10.7. The lowest BCUT2D eigenvalue weighted by atomic mass is 10.1. The molecular formula is C16H26BrFN2O2S2. The molecule has 0 aromatic heterocycles. The van der Waals surface area contributed by atoms with Gasteiger partial charge in [-0.1, -0.05) is 15.9 Å². The van der Waals surface area contributed by atoms with Crippen molar-refractivity contribution in [2.45, 2.75) is 58.0 Å². The standard InChI is InChI=1S/C12H15BrFNOS.C4H11NOS/c1-8(15-17(16)12(2,3)4)10-6-5-9(14)7-11(10)13;1-4(2,3)7(5)6/h5-7H,1-4H3;5H2,1-3H3/t17-;7-/m00/s1. The maximum atomic E-state index is 12.9. The van der Waals surface area contributed by atoms with Crippen LogP contribution in [0.25, 0.3) is 0 Å². The number of hydrogen-bond acceptors (Lipinski definition) is 2. The highest BCUT2D eigenvalue weighted by Gasteiger charge is 2.19. The number of nitrogens with zero attached hydrogens (tertiary/aromatic N) is 1. The summed E-state index contributed by atoms with van der Waals surface area (Å²) >= 11 is 3.27. The molecule has 1 aromatic carbocycles. The lowest BCUT2D eigenvalue weighted by Gasteiger charge is -2.14. The molecule has 1 rings (SSSR count). The average Bonchev–Trinajstić information content (AvgIpc) is 2.36. The van der Waals surface area contributed by atoms with Gasteiger partial charge in [0.1, 0.15) is 16.8 Å². The van der Waals surface area contributed by atoms with Gasteiger partial charge in [0.2, 0.25) is 0 Å². The topological polar surface area (TPSA) is 72.5 Å². The Morgan fingerprint density at radius 3 is 1.92 bits per heavy atom. The Morgan fingerprint density at radius 1 is 1.12 bits per heavy atom. The number of nitrogens with two attached hydrogens (primary N) is 1. The van der Waals surface area contributed by atoms with Crippen molar-refractivity contribution in [3.63, 3.8) is 0 Å². The van der Waals surface area contributed by atoms with Crippen molar-refractivity contribution in [1.29, 1.82) is 0 Å². The van der Waals surface area contributed by atoms with Crippen LogP contribution < -0.4 is 5.14 Å². The molecule has 2 N–H and O–H groups in total. The Kier molecular flexibility index (Phi) is 9.14. The van der Waals surface area contributed by atoms with Crippen LogP contribution in [0.15, 0.2) is 27.1 Å². The van der Waals surface area contributed by atoms with Gasteiger partial charge >= 0.3 is 0 Å². The van der Waals surface area contributed by atoms with Gasteiger partial charge in [0.15, 0.2) is 0 Å². The minimum absolute atomic E-state index is 0.250. The molecule has 2 atom stereocenters. The SMILES string of the molecule is CC(=N[S@@](=O)C(C)(C)C)c1ccc(F)cc1Br.CC(C)(C)[S@@](N)=O. The van der Waals surface area contributed by atoms with E-state index < -0.39 is 26.7 Å². The lowest BCUT2D eigenvalue weighted by molar-refractivity contribution is 0.627. The molecule has 0 aliphatic rings. The summed E-state index contributed by atoms with van der Waals surface area (Å²) in [6.07, 6.45) is 0. The van der Waals surface area contributed by atoms with E-state index in [0.717, 1.165) is 5.56 Å². The smallest absolute Gasteiger partial charge is 0.145 e. The third kappa shape index (κ3) is 8.60. The molecule has 0 amide bonds. The van der Waals surface area contributed by atoms with Crippen LogP contribution in [0.2, 0.25) is 0 Å². The number of rotatable bonds is 2. The summed E-state index contributed by atoms with van der Waals surface area (Å²) < 4.78 is 39.3.